The zero-order valence-corrected chi connectivity index (χ0v) is 14.9. The number of carbonyl (C=O) groups excluding carboxylic acids is 1. The molecule has 0 bridgehead atoms. The van der Waals surface area contributed by atoms with Gasteiger partial charge in [0.25, 0.3) is 5.91 Å². The molecule has 1 amide bonds. The second-order valence-electron chi connectivity index (χ2n) is 5.30. The van der Waals surface area contributed by atoms with Gasteiger partial charge >= 0.3 is 0 Å². The maximum absolute atomic E-state index is 12.6. The Bertz CT molecular complexity index is 857. The lowest BCUT2D eigenvalue weighted by atomic mass is 10.2. The topological polar surface area (TPSA) is 88.1 Å². The summed E-state index contributed by atoms with van der Waals surface area (Å²) < 4.78 is 31.8. The molecule has 7 nitrogen and oxygen atoms in total. The Hall–Kier alpha value is -2.07. The number of amides is 1. The van der Waals surface area contributed by atoms with Gasteiger partial charge in [0.05, 0.1) is 24.3 Å². The van der Waals surface area contributed by atoms with Gasteiger partial charge < -0.3 is 4.74 Å². The summed E-state index contributed by atoms with van der Waals surface area (Å²) in [4.78, 5) is 12.3. The standard InChI is InChI=1S/C16H17N3O4S2/c20-16(18-17-11-13-4-9-24-12-13)14-2-1-3-15(10-14)25(21,22)19-5-7-23-8-6-19/h1-4,9-12H,5-8H2,(H,18,20)/b17-11+. The predicted molar refractivity (Wildman–Crippen MR) is 95.4 cm³/mol. The molecule has 1 saturated heterocycles. The first kappa shape index (κ1) is 17.7. The Morgan fingerprint density at radius 1 is 1.28 bits per heavy atom. The van der Waals surface area contributed by atoms with E-state index in [4.69, 9.17) is 4.74 Å². The van der Waals surface area contributed by atoms with Gasteiger partial charge in [0.15, 0.2) is 0 Å². The Morgan fingerprint density at radius 3 is 2.80 bits per heavy atom. The van der Waals surface area contributed by atoms with Crippen LogP contribution in [0.1, 0.15) is 15.9 Å². The van der Waals surface area contributed by atoms with Crippen LogP contribution in [0.25, 0.3) is 0 Å². The summed E-state index contributed by atoms with van der Waals surface area (Å²) in [6, 6.07) is 7.81. The Kier molecular flexibility index (Phi) is 5.59. The van der Waals surface area contributed by atoms with Gasteiger partial charge in [-0.25, -0.2) is 13.8 Å². The molecule has 1 N–H and O–H groups in total. The van der Waals surface area contributed by atoms with Crippen LogP contribution in [0.5, 0.6) is 0 Å². The number of sulfonamides is 1. The summed E-state index contributed by atoms with van der Waals surface area (Å²) in [7, 11) is -3.64. The molecule has 0 unspecified atom stereocenters. The van der Waals surface area contributed by atoms with Crippen LogP contribution in [-0.2, 0) is 14.8 Å². The van der Waals surface area contributed by atoms with E-state index in [2.05, 4.69) is 10.5 Å². The molecule has 1 aromatic carbocycles. The van der Waals surface area contributed by atoms with Crippen LogP contribution in [0.15, 0.2) is 51.1 Å². The van der Waals surface area contributed by atoms with Crippen molar-refractivity contribution in [3.05, 3.63) is 52.2 Å². The highest BCUT2D eigenvalue weighted by atomic mass is 32.2. The molecule has 1 aliphatic rings. The van der Waals surface area contributed by atoms with Crippen molar-refractivity contribution in [2.45, 2.75) is 4.90 Å². The van der Waals surface area contributed by atoms with Gasteiger partial charge in [-0.05, 0) is 35.0 Å². The highest BCUT2D eigenvalue weighted by Gasteiger charge is 2.26. The molecule has 1 aromatic heterocycles. The van der Waals surface area contributed by atoms with Crippen LogP contribution in [0, 0.1) is 0 Å². The molecule has 9 heteroatoms. The van der Waals surface area contributed by atoms with Crippen molar-refractivity contribution < 1.29 is 17.9 Å². The zero-order valence-electron chi connectivity index (χ0n) is 13.3. The predicted octanol–water partition coefficient (Wildman–Crippen LogP) is 1.53. The summed E-state index contributed by atoms with van der Waals surface area (Å²) in [6.07, 6.45) is 1.53. The van der Waals surface area contributed by atoms with Gasteiger partial charge in [-0.1, -0.05) is 6.07 Å². The maximum Gasteiger partial charge on any atom is 0.271 e. The average molecular weight is 379 g/mol. The van der Waals surface area contributed by atoms with Crippen LogP contribution in [0.4, 0.5) is 0 Å². The fourth-order valence-corrected chi connectivity index (χ4v) is 4.38. The lowest BCUT2D eigenvalue weighted by molar-refractivity contribution is 0.0730. The first-order valence-corrected chi connectivity index (χ1v) is 9.99. The van der Waals surface area contributed by atoms with E-state index in [0.29, 0.717) is 26.3 Å². The van der Waals surface area contributed by atoms with Gasteiger partial charge in [0.1, 0.15) is 0 Å². The van der Waals surface area contributed by atoms with Crippen molar-refractivity contribution in [1.29, 1.82) is 0 Å². The van der Waals surface area contributed by atoms with Crippen molar-refractivity contribution in [3.8, 4) is 0 Å². The fraction of sp³-hybridized carbons (Fsp3) is 0.250. The van der Waals surface area contributed by atoms with Gasteiger partial charge in [-0.2, -0.15) is 20.7 Å². The van der Waals surface area contributed by atoms with Crippen molar-refractivity contribution in [2.75, 3.05) is 26.3 Å². The van der Waals surface area contributed by atoms with Crippen LogP contribution < -0.4 is 5.43 Å². The number of morpholine rings is 1. The number of rotatable bonds is 5. The normalized spacial score (nSPS) is 16.2. The molecular weight excluding hydrogens is 362 g/mol. The van der Waals surface area contributed by atoms with E-state index in [0.717, 1.165) is 5.56 Å². The largest absolute Gasteiger partial charge is 0.379 e. The minimum Gasteiger partial charge on any atom is -0.379 e. The number of nitrogens with one attached hydrogen (secondary N) is 1. The number of hydrogen-bond acceptors (Lipinski definition) is 6. The molecule has 1 fully saturated rings. The fourth-order valence-electron chi connectivity index (χ4n) is 2.31. The van der Waals surface area contributed by atoms with E-state index in [-0.39, 0.29) is 10.5 Å². The molecule has 1 aliphatic heterocycles. The Labute approximate surface area is 150 Å². The molecule has 0 radical (unpaired) electrons. The van der Waals surface area contributed by atoms with E-state index in [9.17, 15) is 13.2 Å². The van der Waals surface area contributed by atoms with E-state index in [1.54, 1.807) is 12.1 Å². The molecule has 3 rings (SSSR count). The highest BCUT2D eigenvalue weighted by Crippen LogP contribution is 2.18. The van der Waals surface area contributed by atoms with Crippen LogP contribution in [-0.4, -0.2) is 51.1 Å². The molecule has 0 aliphatic carbocycles. The smallest absolute Gasteiger partial charge is 0.271 e. The number of ether oxygens (including phenoxy) is 1. The van der Waals surface area contributed by atoms with Gasteiger partial charge in [-0.15, -0.1) is 0 Å². The summed E-state index contributed by atoms with van der Waals surface area (Å²) in [5.41, 5.74) is 3.52. The molecule has 2 aromatic rings. The lowest BCUT2D eigenvalue weighted by Gasteiger charge is -2.26. The van der Waals surface area contributed by atoms with E-state index < -0.39 is 15.9 Å². The van der Waals surface area contributed by atoms with Gasteiger partial charge in [-0.3, -0.25) is 4.79 Å². The summed E-state index contributed by atoms with van der Waals surface area (Å²) in [5.74, 6) is -0.467. The van der Waals surface area contributed by atoms with E-state index in [1.807, 2.05) is 16.8 Å². The van der Waals surface area contributed by atoms with Gasteiger partial charge in [0, 0.05) is 24.2 Å². The SMILES string of the molecule is O=C(N/N=C/c1ccsc1)c1cccc(S(=O)(=O)N2CCOCC2)c1. The second kappa shape index (κ2) is 7.87. The molecule has 0 atom stereocenters. The second-order valence-corrected chi connectivity index (χ2v) is 8.02. The Balaban J connectivity index is 1.73. The summed E-state index contributed by atoms with van der Waals surface area (Å²) in [6.45, 7) is 1.36. The first-order chi connectivity index (χ1) is 12.1. The van der Waals surface area contributed by atoms with Crippen molar-refractivity contribution in [3.63, 3.8) is 0 Å². The number of carbonyl (C=O) groups is 1. The average Bonchev–Trinajstić information content (AvgIpc) is 3.16. The number of hydrazone groups is 1. The minimum absolute atomic E-state index is 0.0869. The zero-order chi connectivity index (χ0) is 17.7. The number of nitrogens with zero attached hydrogens (tertiary/aromatic N) is 2. The molecule has 0 spiro atoms. The summed E-state index contributed by atoms with van der Waals surface area (Å²) >= 11 is 1.53. The quantitative estimate of drug-likeness (QED) is 0.630. The molecular formula is C16H17N3O4S2. The van der Waals surface area contributed by atoms with Crippen LogP contribution >= 0.6 is 11.3 Å². The number of benzene rings is 1. The molecule has 0 saturated carbocycles. The first-order valence-electron chi connectivity index (χ1n) is 7.61. The van der Waals surface area contributed by atoms with E-state index >= 15 is 0 Å². The highest BCUT2D eigenvalue weighted by molar-refractivity contribution is 7.89. The molecule has 25 heavy (non-hydrogen) atoms. The third-order valence-corrected chi connectivity index (χ3v) is 6.22. The number of thiophene rings is 1. The van der Waals surface area contributed by atoms with Gasteiger partial charge in [0.2, 0.25) is 10.0 Å². The van der Waals surface area contributed by atoms with Crippen molar-refractivity contribution in [1.82, 2.24) is 9.73 Å². The third kappa shape index (κ3) is 4.31. The number of hydrogen-bond donors (Lipinski definition) is 1. The molecule has 2 heterocycles. The van der Waals surface area contributed by atoms with Crippen LogP contribution in [0.3, 0.4) is 0 Å². The van der Waals surface area contributed by atoms with Crippen molar-refractivity contribution in [2.24, 2.45) is 5.10 Å². The van der Waals surface area contributed by atoms with Crippen molar-refractivity contribution >= 4 is 33.5 Å². The minimum atomic E-state index is -3.64. The lowest BCUT2D eigenvalue weighted by Crippen LogP contribution is -2.40. The Morgan fingerprint density at radius 2 is 2.08 bits per heavy atom. The van der Waals surface area contributed by atoms with E-state index in [1.165, 1.54) is 34.0 Å². The maximum atomic E-state index is 12.6. The third-order valence-electron chi connectivity index (χ3n) is 3.63. The molecule has 132 valence electrons. The monoisotopic (exact) mass is 379 g/mol. The summed E-state index contributed by atoms with van der Waals surface area (Å²) in [5, 5.41) is 7.68. The van der Waals surface area contributed by atoms with Crippen LogP contribution in [0.2, 0.25) is 0 Å².